The number of hydrogen-bond donors (Lipinski definition) is 0. The van der Waals surface area contributed by atoms with Crippen LogP contribution in [-0.4, -0.2) is 64.7 Å². The van der Waals surface area contributed by atoms with E-state index in [1.54, 1.807) is 9.80 Å². The van der Waals surface area contributed by atoms with Crippen LogP contribution in [0.25, 0.3) is 10.6 Å². The van der Waals surface area contributed by atoms with Crippen LogP contribution in [0.3, 0.4) is 0 Å². The van der Waals surface area contributed by atoms with Gasteiger partial charge in [0, 0.05) is 31.7 Å². The van der Waals surface area contributed by atoms with Crippen molar-refractivity contribution >= 4 is 22.4 Å². The van der Waals surface area contributed by atoms with Crippen LogP contribution < -0.4 is 4.90 Å². The van der Waals surface area contributed by atoms with Gasteiger partial charge in [-0.25, -0.2) is 0 Å². The SMILES string of the molecule is N#CN1CCN2CCN(c3nnc(-c4ccccc4)s3)C(=O)C2C1. The van der Waals surface area contributed by atoms with Gasteiger partial charge in [-0.05, 0) is 0 Å². The third-order valence-corrected chi connectivity index (χ3v) is 5.46. The second-order valence-corrected chi connectivity index (χ2v) is 6.80. The van der Waals surface area contributed by atoms with Gasteiger partial charge in [0.1, 0.15) is 11.0 Å². The molecule has 2 fully saturated rings. The predicted molar refractivity (Wildman–Crippen MR) is 90.2 cm³/mol. The summed E-state index contributed by atoms with van der Waals surface area (Å²) < 4.78 is 0. The summed E-state index contributed by atoms with van der Waals surface area (Å²) in [5, 5.41) is 19.0. The minimum absolute atomic E-state index is 0.0111. The normalized spacial score (nSPS) is 21.5. The van der Waals surface area contributed by atoms with E-state index >= 15 is 0 Å². The lowest BCUT2D eigenvalue weighted by molar-refractivity contribution is -0.127. The molecule has 3 heterocycles. The summed E-state index contributed by atoms with van der Waals surface area (Å²) in [5.41, 5.74) is 1.00. The first-order valence-electron chi connectivity index (χ1n) is 7.85. The van der Waals surface area contributed by atoms with Gasteiger partial charge in [-0.15, -0.1) is 10.2 Å². The predicted octanol–water partition coefficient (Wildman–Crippen LogP) is 1.02. The van der Waals surface area contributed by atoms with Crippen LogP contribution in [0.4, 0.5) is 5.13 Å². The number of nitrogens with zero attached hydrogens (tertiary/aromatic N) is 6. The third-order valence-electron chi connectivity index (χ3n) is 4.46. The second-order valence-electron chi connectivity index (χ2n) is 5.84. The fourth-order valence-electron chi connectivity index (χ4n) is 3.14. The number of carbonyl (C=O) groups is 1. The molecule has 1 atom stereocenters. The third kappa shape index (κ3) is 2.62. The van der Waals surface area contributed by atoms with Gasteiger partial charge in [-0.3, -0.25) is 14.6 Å². The van der Waals surface area contributed by atoms with Crippen molar-refractivity contribution in [3.63, 3.8) is 0 Å². The molecule has 0 N–H and O–H groups in total. The van der Waals surface area contributed by atoms with E-state index in [1.165, 1.54) is 11.3 Å². The summed E-state index contributed by atoms with van der Waals surface area (Å²) in [6, 6.07) is 9.57. The maximum atomic E-state index is 12.9. The fourth-order valence-corrected chi connectivity index (χ4v) is 4.03. The van der Waals surface area contributed by atoms with Gasteiger partial charge in [0.05, 0.1) is 6.54 Å². The highest BCUT2D eigenvalue weighted by atomic mass is 32.1. The number of amides is 1. The van der Waals surface area contributed by atoms with E-state index in [0.717, 1.165) is 23.7 Å². The number of carbonyl (C=O) groups excluding carboxylic acids is 1. The Kier molecular flexibility index (Phi) is 3.88. The van der Waals surface area contributed by atoms with Gasteiger partial charge in [-0.2, -0.15) is 5.26 Å². The Hall–Kier alpha value is -2.50. The number of piperazine rings is 2. The highest BCUT2D eigenvalue weighted by Gasteiger charge is 2.40. The van der Waals surface area contributed by atoms with E-state index in [-0.39, 0.29) is 11.9 Å². The molecular formula is C16H16N6OS. The molecule has 0 radical (unpaired) electrons. The standard InChI is InChI=1S/C16H16N6OS/c17-11-20-6-7-21-8-9-22(15(23)13(21)10-20)16-19-18-14(24-16)12-4-2-1-3-5-12/h1-5,13H,6-10H2. The molecule has 2 aromatic rings. The number of rotatable bonds is 2. The zero-order valence-corrected chi connectivity index (χ0v) is 13.8. The topological polar surface area (TPSA) is 76.4 Å². The van der Waals surface area contributed by atoms with Gasteiger partial charge in [0.2, 0.25) is 11.0 Å². The van der Waals surface area contributed by atoms with Crippen LogP contribution in [0.5, 0.6) is 0 Å². The van der Waals surface area contributed by atoms with Crippen molar-refractivity contribution in [1.82, 2.24) is 20.0 Å². The number of anilines is 1. The monoisotopic (exact) mass is 340 g/mol. The molecule has 1 aromatic carbocycles. The van der Waals surface area contributed by atoms with Crippen LogP contribution in [0.15, 0.2) is 30.3 Å². The first kappa shape index (κ1) is 15.1. The van der Waals surface area contributed by atoms with Gasteiger partial charge in [0.15, 0.2) is 6.19 Å². The molecule has 1 aromatic heterocycles. The Balaban J connectivity index is 1.56. The van der Waals surface area contributed by atoms with E-state index in [9.17, 15) is 4.79 Å². The lowest BCUT2D eigenvalue weighted by atomic mass is 10.1. The summed E-state index contributed by atoms with van der Waals surface area (Å²) in [5.74, 6) is 0.0111. The van der Waals surface area contributed by atoms with E-state index in [2.05, 4.69) is 21.3 Å². The van der Waals surface area contributed by atoms with Gasteiger partial charge in [-0.1, -0.05) is 41.7 Å². The van der Waals surface area contributed by atoms with Crippen LogP contribution in [0.2, 0.25) is 0 Å². The lowest BCUT2D eigenvalue weighted by Gasteiger charge is -2.44. The molecule has 0 spiro atoms. The summed E-state index contributed by atoms with van der Waals surface area (Å²) in [4.78, 5) is 18.4. The van der Waals surface area contributed by atoms with Crippen LogP contribution >= 0.6 is 11.3 Å². The summed E-state index contributed by atoms with van der Waals surface area (Å²) in [6.45, 7) is 3.32. The lowest BCUT2D eigenvalue weighted by Crippen LogP contribution is -2.64. The van der Waals surface area contributed by atoms with Crippen LogP contribution in [-0.2, 0) is 4.79 Å². The Bertz CT molecular complexity index is 785. The quantitative estimate of drug-likeness (QED) is 0.760. The smallest absolute Gasteiger partial charge is 0.248 e. The molecule has 1 unspecified atom stereocenters. The van der Waals surface area contributed by atoms with Crippen molar-refractivity contribution in [3.8, 4) is 16.8 Å². The molecule has 0 aliphatic carbocycles. The summed E-state index contributed by atoms with van der Waals surface area (Å²) in [6.07, 6.45) is 2.15. The molecule has 2 aliphatic rings. The number of aromatic nitrogens is 2. The molecule has 2 saturated heterocycles. The van der Waals surface area contributed by atoms with Crippen LogP contribution in [0, 0.1) is 11.5 Å². The van der Waals surface area contributed by atoms with Crippen molar-refractivity contribution in [2.45, 2.75) is 6.04 Å². The molecule has 8 heteroatoms. The zero-order valence-electron chi connectivity index (χ0n) is 13.0. The number of hydrogen-bond acceptors (Lipinski definition) is 7. The van der Waals surface area contributed by atoms with Crippen molar-refractivity contribution in [2.24, 2.45) is 0 Å². The Morgan fingerprint density at radius 2 is 1.92 bits per heavy atom. The van der Waals surface area contributed by atoms with Gasteiger partial charge in [0.25, 0.3) is 0 Å². The molecule has 0 saturated carbocycles. The number of fused-ring (bicyclic) bond motifs is 1. The van der Waals surface area contributed by atoms with E-state index in [0.29, 0.717) is 24.8 Å². The first-order chi connectivity index (χ1) is 11.8. The minimum Gasteiger partial charge on any atom is -0.307 e. The van der Waals surface area contributed by atoms with Crippen molar-refractivity contribution in [2.75, 3.05) is 37.6 Å². The second kappa shape index (κ2) is 6.19. The molecule has 122 valence electrons. The number of benzene rings is 1. The average molecular weight is 340 g/mol. The van der Waals surface area contributed by atoms with Crippen LogP contribution in [0.1, 0.15) is 0 Å². The molecule has 2 aliphatic heterocycles. The zero-order chi connectivity index (χ0) is 16.5. The average Bonchev–Trinajstić information content (AvgIpc) is 3.12. The van der Waals surface area contributed by atoms with E-state index in [4.69, 9.17) is 5.26 Å². The highest BCUT2D eigenvalue weighted by molar-refractivity contribution is 7.18. The Morgan fingerprint density at radius 1 is 1.12 bits per heavy atom. The molecule has 7 nitrogen and oxygen atoms in total. The maximum Gasteiger partial charge on any atom is 0.248 e. The molecule has 4 rings (SSSR count). The summed E-state index contributed by atoms with van der Waals surface area (Å²) >= 11 is 1.43. The number of nitriles is 1. The molecule has 24 heavy (non-hydrogen) atoms. The molecular weight excluding hydrogens is 324 g/mol. The van der Waals surface area contributed by atoms with Crippen molar-refractivity contribution in [1.29, 1.82) is 5.26 Å². The maximum absolute atomic E-state index is 12.9. The fraction of sp³-hybridized carbons (Fsp3) is 0.375. The first-order valence-corrected chi connectivity index (χ1v) is 8.67. The minimum atomic E-state index is -0.267. The summed E-state index contributed by atoms with van der Waals surface area (Å²) in [7, 11) is 0. The van der Waals surface area contributed by atoms with Gasteiger partial charge >= 0.3 is 0 Å². The largest absolute Gasteiger partial charge is 0.307 e. The Labute approximate surface area is 143 Å². The molecule has 1 amide bonds. The van der Waals surface area contributed by atoms with Crippen molar-refractivity contribution in [3.05, 3.63) is 30.3 Å². The van der Waals surface area contributed by atoms with Crippen molar-refractivity contribution < 1.29 is 4.79 Å². The highest BCUT2D eigenvalue weighted by Crippen LogP contribution is 2.30. The van der Waals surface area contributed by atoms with E-state index in [1.807, 2.05) is 30.3 Å². The van der Waals surface area contributed by atoms with Gasteiger partial charge < -0.3 is 4.90 Å². The molecule has 0 bridgehead atoms. The Morgan fingerprint density at radius 3 is 2.71 bits per heavy atom. The van der Waals surface area contributed by atoms with E-state index < -0.39 is 0 Å².